The van der Waals surface area contributed by atoms with Crippen molar-refractivity contribution in [1.29, 1.82) is 0 Å². The third-order valence-electron chi connectivity index (χ3n) is 3.42. The van der Waals surface area contributed by atoms with Crippen LogP contribution in [0.2, 0.25) is 0 Å². The van der Waals surface area contributed by atoms with Crippen LogP contribution in [-0.4, -0.2) is 25.7 Å². The Morgan fingerprint density at radius 2 is 1.86 bits per heavy atom. The molecule has 2 aromatic rings. The zero-order valence-electron chi connectivity index (χ0n) is 12.0. The molecule has 1 N–H and O–H groups in total. The lowest BCUT2D eigenvalue weighted by molar-refractivity contribution is 0.0943. The maximum Gasteiger partial charge on any atom is 0.255 e. The SMILES string of the molecule is O=C(NCCc1ccc(F)cc1)c1cccc2c1OCCO2. The molecule has 0 saturated heterocycles. The van der Waals surface area contributed by atoms with Gasteiger partial charge in [0.1, 0.15) is 19.0 Å². The van der Waals surface area contributed by atoms with Crippen LogP contribution in [0.4, 0.5) is 4.39 Å². The summed E-state index contributed by atoms with van der Waals surface area (Å²) in [6.45, 7) is 1.39. The van der Waals surface area contributed by atoms with Crippen molar-refractivity contribution in [3.05, 3.63) is 59.4 Å². The molecule has 1 heterocycles. The molecule has 0 spiro atoms. The molecule has 5 heteroatoms. The van der Waals surface area contributed by atoms with Gasteiger partial charge in [0.2, 0.25) is 0 Å². The minimum Gasteiger partial charge on any atom is -0.486 e. The quantitative estimate of drug-likeness (QED) is 0.944. The van der Waals surface area contributed by atoms with E-state index in [0.717, 1.165) is 5.56 Å². The predicted molar refractivity (Wildman–Crippen MR) is 79.9 cm³/mol. The highest BCUT2D eigenvalue weighted by atomic mass is 19.1. The normalized spacial score (nSPS) is 12.8. The summed E-state index contributed by atoms with van der Waals surface area (Å²) in [6.07, 6.45) is 0.637. The number of halogens is 1. The maximum atomic E-state index is 12.8. The first-order valence-corrected chi connectivity index (χ1v) is 7.15. The van der Waals surface area contributed by atoms with Crippen LogP contribution in [-0.2, 0) is 6.42 Å². The number of hydrogen-bond donors (Lipinski definition) is 1. The van der Waals surface area contributed by atoms with E-state index in [-0.39, 0.29) is 11.7 Å². The summed E-state index contributed by atoms with van der Waals surface area (Å²) in [5.74, 6) is 0.621. The average Bonchev–Trinajstić information content (AvgIpc) is 2.56. The van der Waals surface area contributed by atoms with Gasteiger partial charge in [-0.3, -0.25) is 4.79 Å². The number of benzene rings is 2. The molecular weight excluding hydrogens is 285 g/mol. The molecule has 3 rings (SSSR count). The minimum absolute atomic E-state index is 0.204. The molecule has 1 amide bonds. The van der Waals surface area contributed by atoms with Gasteiger partial charge in [-0.15, -0.1) is 0 Å². The summed E-state index contributed by atoms with van der Waals surface area (Å²) in [4.78, 5) is 12.3. The Kier molecular flexibility index (Phi) is 4.23. The Morgan fingerprint density at radius 3 is 2.68 bits per heavy atom. The summed E-state index contributed by atoms with van der Waals surface area (Å²) in [6, 6.07) is 11.5. The monoisotopic (exact) mass is 301 g/mol. The molecule has 22 heavy (non-hydrogen) atoms. The van der Waals surface area contributed by atoms with Crippen LogP contribution >= 0.6 is 0 Å². The number of rotatable bonds is 4. The van der Waals surface area contributed by atoms with Crippen LogP contribution in [0.1, 0.15) is 15.9 Å². The Hall–Kier alpha value is -2.56. The number of carbonyl (C=O) groups excluding carboxylic acids is 1. The summed E-state index contributed by atoms with van der Waals surface area (Å²) >= 11 is 0. The van der Waals surface area contributed by atoms with Gasteiger partial charge in [0.25, 0.3) is 5.91 Å². The molecule has 1 aliphatic heterocycles. The predicted octanol–water partition coefficient (Wildman–Crippen LogP) is 2.57. The lowest BCUT2D eigenvalue weighted by Crippen LogP contribution is -2.27. The van der Waals surface area contributed by atoms with Crippen molar-refractivity contribution in [2.45, 2.75) is 6.42 Å². The van der Waals surface area contributed by atoms with Gasteiger partial charge in [0.05, 0.1) is 5.56 Å². The van der Waals surface area contributed by atoms with Crippen LogP contribution in [0.15, 0.2) is 42.5 Å². The van der Waals surface area contributed by atoms with Gasteiger partial charge in [0, 0.05) is 6.54 Å². The molecule has 2 aromatic carbocycles. The highest BCUT2D eigenvalue weighted by Gasteiger charge is 2.19. The van der Waals surface area contributed by atoms with Crippen LogP contribution < -0.4 is 14.8 Å². The van der Waals surface area contributed by atoms with Crippen LogP contribution in [0, 0.1) is 5.82 Å². The van der Waals surface area contributed by atoms with Crippen molar-refractivity contribution in [3.8, 4) is 11.5 Å². The molecule has 0 saturated carbocycles. The fraction of sp³-hybridized carbons (Fsp3) is 0.235. The topological polar surface area (TPSA) is 47.6 Å². The van der Waals surface area contributed by atoms with Crippen molar-refractivity contribution in [3.63, 3.8) is 0 Å². The highest BCUT2D eigenvalue weighted by molar-refractivity contribution is 5.97. The number of carbonyl (C=O) groups is 1. The van der Waals surface area contributed by atoms with Gasteiger partial charge in [-0.1, -0.05) is 18.2 Å². The second kappa shape index (κ2) is 6.47. The zero-order chi connectivity index (χ0) is 15.4. The van der Waals surface area contributed by atoms with E-state index in [4.69, 9.17) is 9.47 Å². The van der Waals surface area contributed by atoms with Gasteiger partial charge >= 0.3 is 0 Å². The number of nitrogens with one attached hydrogen (secondary N) is 1. The van der Waals surface area contributed by atoms with E-state index in [0.29, 0.717) is 43.2 Å². The molecule has 0 atom stereocenters. The number of ether oxygens (including phenoxy) is 2. The smallest absolute Gasteiger partial charge is 0.255 e. The second-order valence-electron chi connectivity index (χ2n) is 4.96. The summed E-state index contributed by atoms with van der Waals surface area (Å²) in [5.41, 5.74) is 1.44. The van der Waals surface area contributed by atoms with Gasteiger partial charge in [-0.2, -0.15) is 0 Å². The first-order valence-electron chi connectivity index (χ1n) is 7.15. The molecule has 114 valence electrons. The van der Waals surface area contributed by atoms with Crippen LogP contribution in [0.5, 0.6) is 11.5 Å². The van der Waals surface area contributed by atoms with E-state index >= 15 is 0 Å². The Labute approximate surface area is 127 Å². The lowest BCUT2D eigenvalue weighted by Gasteiger charge is -2.20. The largest absolute Gasteiger partial charge is 0.486 e. The highest BCUT2D eigenvalue weighted by Crippen LogP contribution is 2.33. The molecule has 0 radical (unpaired) electrons. The van der Waals surface area contributed by atoms with Gasteiger partial charge in [0.15, 0.2) is 11.5 Å². The molecule has 4 nitrogen and oxygen atoms in total. The molecule has 1 aliphatic rings. The zero-order valence-corrected chi connectivity index (χ0v) is 12.0. The number of fused-ring (bicyclic) bond motifs is 1. The Morgan fingerprint density at radius 1 is 1.09 bits per heavy atom. The molecule has 0 aliphatic carbocycles. The second-order valence-corrected chi connectivity index (χ2v) is 4.96. The number of amides is 1. The number of hydrogen-bond acceptors (Lipinski definition) is 3. The fourth-order valence-corrected chi connectivity index (χ4v) is 2.32. The fourth-order valence-electron chi connectivity index (χ4n) is 2.32. The van der Waals surface area contributed by atoms with E-state index in [1.807, 2.05) is 0 Å². The van der Waals surface area contributed by atoms with Gasteiger partial charge < -0.3 is 14.8 Å². The Bertz CT molecular complexity index is 670. The molecule has 0 bridgehead atoms. The summed E-state index contributed by atoms with van der Waals surface area (Å²) in [5, 5.41) is 2.84. The van der Waals surface area contributed by atoms with E-state index < -0.39 is 0 Å². The molecular formula is C17H16FNO3. The van der Waals surface area contributed by atoms with Crippen LogP contribution in [0.3, 0.4) is 0 Å². The maximum absolute atomic E-state index is 12.8. The molecule has 0 unspecified atom stereocenters. The first-order chi connectivity index (χ1) is 10.7. The van der Waals surface area contributed by atoms with E-state index in [1.165, 1.54) is 12.1 Å². The lowest BCUT2D eigenvalue weighted by atomic mass is 10.1. The van der Waals surface area contributed by atoms with Crippen molar-refractivity contribution in [1.82, 2.24) is 5.32 Å². The van der Waals surface area contributed by atoms with Gasteiger partial charge in [-0.05, 0) is 36.2 Å². The van der Waals surface area contributed by atoms with E-state index in [2.05, 4.69) is 5.32 Å². The van der Waals surface area contributed by atoms with Crippen LogP contribution in [0.25, 0.3) is 0 Å². The standard InChI is InChI=1S/C17H16FNO3/c18-13-6-4-12(5-7-13)8-9-19-17(20)14-2-1-3-15-16(14)22-11-10-21-15/h1-7H,8-11H2,(H,19,20). The van der Waals surface area contributed by atoms with Gasteiger partial charge in [-0.25, -0.2) is 4.39 Å². The number of para-hydroxylation sites is 1. The van der Waals surface area contributed by atoms with Crippen molar-refractivity contribution >= 4 is 5.91 Å². The van der Waals surface area contributed by atoms with E-state index in [9.17, 15) is 9.18 Å². The molecule has 0 aromatic heterocycles. The van der Waals surface area contributed by atoms with Crippen molar-refractivity contribution in [2.24, 2.45) is 0 Å². The van der Waals surface area contributed by atoms with E-state index in [1.54, 1.807) is 30.3 Å². The summed E-state index contributed by atoms with van der Waals surface area (Å²) in [7, 11) is 0. The first kappa shape index (κ1) is 14.4. The third kappa shape index (κ3) is 3.19. The third-order valence-corrected chi connectivity index (χ3v) is 3.42. The Balaban J connectivity index is 1.61. The van der Waals surface area contributed by atoms with Crippen molar-refractivity contribution in [2.75, 3.05) is 19.8 Å². The average molecular weight is 301 g/mol. The minimum atomic E-state index is -0.263. The molecule has 0 fully saturated rings. The summed E-state index contributed by atoms with van der Waals surface area (Å²) < 4.78 is 23.8. The van der Waals surface area contributed by atoms with Crippen molar-refractivity contribution < 1.29 is 18.7 Å².